The van der Waals surface area contributed by atoms with Crippen LogP contribution in [0.15, 0.2) is 37.4 Å². The van der Waals surface area contributed by atoms with E-state index in [1.54, 1.807) is 12.1 Å². The quantitative estimate of drug-likeness (QED) is 0.562. The van der Waals surface area contributed by atoms with Crippen molar-refractivity contribution >= 4 is 34.8 Å². The fourth-order valence-corrected chi connectivity index (χ4v) is 3.93. The molecule has 0 spiro atoms. The Hall–Kier alpha value is -3.24. The number of nitrogens with two attached hydrogens (primary N) is 2. The second-order valence-electron chi connectivity index (χ2n) is 7.09. The molecule has 4 N–H and O–H groups in total. The minimum atomic E-state index is -1.21. The second kappa shape index (κ2) is 7.78. The summed E-state index contributed by atoms with van der Waals surface area (Å²) in [6, 6.07) is 4.68. The first kappa shape index (κ1) is 22.4. The number of aromatic nitrogens is 4. The Labute approximate surface area is 185 Å². The van der Waals surface area contributed by atoms with Gasteiger partial charge in [0.25, 0.3) is 11.1 Å². The SMILES string of the molecule is Cn1c(N)c(C(c2cccc(Cl)c2Cl)c2c(N)n(C)c(=O)n(C)c2=O)c(=O)n(C)c1=O. The van der Waals surface area contributed by atoms with Gasteiger partial charge in [0, 0.05) is 28.2 Å². The van der Waals surface area contributed by atoms with Gasteiger partial charge in [-0.05, 0) is 11.6 Å². The summed E-state index contributed by atoms with van der Waals surface area (Å²) in [6.45, 7) is 0. The summed E-state index contributed by atoms with van der Waals surface area (Å²) in [5.41, 5.74) is 9.64. The molecule has 12 heteroatoms. The molecule has 3 rings (SSSR count). The van der Waals surface area contributed by atoms with Gasteiger partial charge in [-0.15, -0.1) is 0 Å². The summed E-state index contributed by atoms with van der Waals surface area (Å²) in [7, 11) is 5.35. The van der Waals surface area contributed by atoms with Gasteiger partial charge in [-0.25, -0.2) is 9.59 Å². The van der Waals surface area contributed by atoms with E-state index in [9.17, 15) is 19.2 Å². The zero-order valence-electron chi connectivity index (χ0n) is 17.1. The van der Waals surface area contributed by atoms with E-state index in [4.69, 9.17) is 34.7 Å². The summed E-state index contributed by atoms with van der Waals surface area (Å²) in [5.74, 6) is -1.56. The highest BCUT2D eigenvalue weighted by molar-refractivity contribution is 6.42. The number of anilines is 2. The van der Waals surface area contributed by atoms with Crippen LogP contribution in [0.25, 0.3) is 0 Å². The maximum Gasteiger partial charge on any atom is 0.332 e. The first-order valence-electron chi connectivity index (χ1n) is 8.96. The number of hydrogen-bond donors (Lipinski definition) is 2. The first-order valence-corrected chi connectivity index (χ1v) is 9.72. The van der Waals surface area contributed by atoms with E-state index in [1.807, 2.05) is 0 Å². The molecule has 3 aromatic rings. The van der Waals surface area contributed by atoms with E-state index in [1.165, 1.54) is 34.3 Å². The summed E-state index contributed by atoms with van der Waals surface area (Å²) < 4.78 is 3.87. The van der Waals surface area contributed by atoms with Gasteiger partial charge in [-0.2, -0.15) is 0 Å². The van der Waals surface area contributed by atoms with Crippen molar-refractivity contribution in [2.24, 2.45) is 28.2 Å². The molecule has 0 radical (unpaired) electrons. The molecule has 0 fully saturated rings. The molecule has 0 atom stereocenters. The van der Waals surface area contributed by atoms with Crippen LogP contribution in [0.4, 0.5) is 11.6 Å². The van der Waals surface area contributed by atoms with Crippen LogP contribution in [-0.4, -0.2) is 18.3 Å². The lowest BCUT2D eigenvalue weighted by Gasteiger charge is -2.24. The van der Waals surface area contributed by atoms with E-state index in [2.05, 4.69) is 0 Å². The van der Waals surface area contributed by atoms with Crippen molar-refractivity contribution in [1.82, 2.24) is 18.3 Å². The van der Waals surface area contributed by atoms with Crippen molar-refractivity contribution in [3.8, 4) is 0 Å². The van der Waals surface area contributed by atoms with Gasteiger partial charge in [0.05, 0.1) is 27.1 Å². The molecule has 0 bridgehead atoms. The van der Waals surface area contributed by atoms with E-state index >= 15 is 0 Å². The van der Waals surface area contributed by atoms with Gasteiger partial charge in [0.1, 0.15) is 11.6 Å². The fourth-order valence-electron chi connectivity index (χ4n) is 3.51. The first-order chi connectivity index (χ1) is 14.4. The van der Waals surface area contributed by atoms with Crippen LogP contribution >= 0.6 is 23.2 Å². The van der Waals surface area contributed by atoms with Gasteiger partial charge in [0.2, 0.25) is 0 Å². The maximum absolute atomic E-state index is 13.2. The summed E-state index contributed by atoms with van der Waals surface area (Å²) in [5, 5.41) is 0.240. The van der Waals surface area contributed by atoms with Crippen molar-refractivity contribution in [3.63, 3.8) is 0 Å². The Balaban J connectivity index is 2.64. The van der Waals surface area contributed by atoms with E-state index < -0.39 is 28.4 Å². The summed E-state index contributed by atoms with van der Waals surface area (Å²) in [6.07, 6.45) is 0. The number of nitrogen functional groups attached to an aromatic ring is 2. The van der Waals surface area contributed by atoms with Gasteiger partial charge in [-0.1, -0.05) is 35.3 Å². The summed E-state index contributed by atoms with van der Waals surface area (Å²) in [4.78, 5) is 51.0. The Morgan fingerprint density at radius 2 is 1.16 bits per heavy atom. The molecule has 0 aliphatic rings. The fraction of sp³-hybridized carbons (Fsp3) is 0.263. The lowest BCUT2D eigenvalue weighted by atomic mass is 9.86. The minimum Gasteiger partial charge on any atom is -0.385 e. The third-order valence-electron chi connectivity index (χ3n) is 5.36. The minimum absolute atomic E-state index is 0.0692. The van der Waals surface area contributed by atoms with Crippen LogP contribution in [0.1, 0.15) is 22.6 Å². The maximum atomic E-state index is 13.2. The van der Waals surface area contributed by atoms with Crippen LogP contribution in [0, 0.1) is 0 Å². The number of benzene rings is 1. The molecule has 0 aliphatic heterocycles. The van der Waals surface area contributed by atoms with Crippen LogP contribution in [0.2, 0.25) is 10.0 Å². The monoisotopic (exact) mass is 466 g/mol. The second-order valence-corrected chi connectivity index (χ2v) is 7.87. The van der Waals surface area contributed by atoms with Gasteiger partial charge in [-0.3, -0.25) is 27.9 Å². The zero-order valence-corrected chi connectivity index (χ0v) is 18.7. The van der Waals surface area contributed by atoms with Gasteiger partial charge in [0.15, 0.2) is 0 Å². The van der Waals surface area contributed by atoms with Crippen molar-refractivity contribution in [2.75, 3.05) is 11.5 Å². The molecule has 2 aromatic heterocycles. The van der Waals surface area contributed by atoms with Crippen LogP contribution in [0.5, 0.6) is 0 Å². The average molecular weight is 467 g/mol. The highest BCUT2D eigenvalue weighted by Crippen LogP contribution is 2.39. The van der Waals surface area contributed by atoms with Crippen LogP contribution in [-0.2, 0) is 28.2 Å². The molecule has 0 unspecified atom stereocenters. The standard InChI is InChI=1S/C19H20Cl2N6O4/c1-24-14(22)11(16(28)26(3)18(24)30)10(8-6-5-7-9(20)13(8)21)12-15(23)25(2)19(31)27(4)17(12)29/h5-7,10H,22-23H2,1-4H3. The Morgan fingerprint density at radius 1 is 0.742 bits per heavy atom. The third kappa shape index (κ3) is 3.28. The zero-order chi connectivity index (χ0) is 23.4. The molecule has 0 aliphatic carbocycles. The number of rotatable bonds is 3. The molecule has 10 nitrogen and oxygen atoms in total. The predicted molar refractivity (Wildman–Crippen MR) is 120 cm³/mol. The van der Waals surface area contributed by atoms with E-state index in [0.717, 1.165) is 18.3 Å². The number of nitrogens with zero attached hydrogens (tertiary/aromatic N) is 4. The van der Waals surface area contributed by atoms with Crippen LogP contribution < -0.4 is 34.0 Å². The molecule has 0 amide bonds. The molecular weight excluding hydrogens is 447 g/mol. The molecule has 1 aromatic carbocycles. The Bertz CT molecular complexity index is 1380. The van der Waals surface area contributed by atoms with Gasteiger partial charge < -0.3 is 11.5 Å². The lowest BCUT2D eigenvalue weighted by molar-refractivity contribution is 0.654. The number of halogens is 2. The summed E-state index contributed by atoms with van der Waals surface area (Å²) >= 11 is 12.6. The Kier molecular flexibility index (Phi) is 5.64. The van der Waals surface area contributed by atoms with E-state index in [0.29, 0.717) is 0 Å². The molecule has 0 saturated heterocycles. The Morgan fingerprint density at radius 3 is 1.58 bits per heavy atom. The van der Waals surface area contributed by atoms with E-state index in [-0.39, 0.29) is 38.4 Å². The topological polar surface area (TPSA) is 140 Å². The molecule has 31 heavy (non-hydrogen) atoms. The van der Waals surface area contributed by atoms with Gasteiger partial charge >= 0.3 is 11.4 Å². The highest BCUT2D eigenvalue weighted by atomic mass is 35.5. The molecule has 0 saturated carbocycles. The van der Waals surface area contributed by atoms with Crippen molar-refractivity contribution in [3.05, 3.63) is 86.6 Å². The normalized spacial score (nSPS) is 11.3. The third-order valence-corrected chi connectivity index (χ3v) is 6.20. The molecule has 164 valence electrons. The number of hydrogen-bond acceptors (Lipinski definition) is 6. The van der Waals surface area contributed by atoms with Crippen LogP contribution in [0.3, 0.4) is 0 Å². The van der Waals surface area contributed by atoms with Crippen molar-refractivity contribution < 1.29 is 0 Å². The lowest BCUT2D eigenvalue weighted by Crippen LogP contribution is -2.44. The van der Waals surface area contributed by atoms with Crippen molar-refractivity contribution in [2.45, 2.75) is 5.92 Å². The predicted octanol–water partition coefficient (Wildman–Crippen LogP) is 0.133. The largest absolute Gasteiger partial charge is 0.385 e. The molecular formula is C19H20Cl2N6O4. The average Bonchev–Trinajstić information content (AvgIpc) is 2.74. The smallest absolute Gasteiger partial charge is 0.332 e. The molecule has 2 heterocycles. The van der Waals surface area contributed by atoms with Crippen molar-refractivity contribution in [1.29, 1.82) is 0 Å². The highest BCUT2D eigenvalue weighted by Gasteiger charge is 2.33.